The summed E-state index contributed by atoms with van der Waals surface area (Å²) in [6.45, 7) is -0.527. The molecule has 2 aromatic rings. The van der Waals surface area contributed by atoms with Crippen molar-refractivity contribution in [2.24, 2.45) is 28.7 Å². The van der Waals surface area contributed by atoms with Gasteiger partial charge in [-0.25, -0.2) is 0 Å². The highest BCUT2D eigenvalue weighted by atomic mass is 33.1. The third-order valence-electron chi connectivity index (χ3n) is 11.2. The number of rotatable bonds is 17. The molecule has 0 bridgehead atoms. The van der Waals surface area contributed by atoms with Crippen LogP contribution in [-0.4, -0.2) is 154 Å². The number of phenolic OH excluding ortho intramolecular Hbond substituents is 1. The van der Waals surface area contributed by atoms with E-state index in [9.17, 15) is 57.8 Å². The average Bonchev–Trinajstić information content (AvgIpc) is 3.82. The number of hydrogen-bond donors (Lipinski definition) is 13. The molecule has 2 aliphatic heterocycles. The first-order valence-corrected chi connectivity index (χ1v) is 25.0. The number of amides is 11. The molecule has 2 fully saturated rings. The second-order valence-electron chi connectivity index (χ2n) is 16.7. The lowest BCUT2D eigenvalue weighted by atomic mass is 10.0. The van der Waals surface area contributed by atoms with Crippen LogP contribution in [0, 0.1) is 0 Å². The number of nitrogens with two attached hydrogens (primary N) is 5. The maximum absolute atomic E-state index is 14.5. The number of phenols is 1. The van der Waals surface area contributed by atoms with Crippen molar-refractivity contribution < 1.29 is 57.8 Å². The third kappa shape index (κ3) is 18.4. The van der Waals surface area contributed by atoms with Crippen molar-refractivity contribution in [1.82, 2.24) is 42.1 Å². The second kappa shape index (κ2) is 28.0. The van der Waals surface area contributed by atoms with E-state index in [-0.39, 0.29) is 56.0 Å². The van der Waals surface area contributed by atoms with Crippen molar-refractivity contribution in [1.29, 1.82) is 0 Å². The molecule has 8 atom stereocenters. The molecule has 2 aliphatic rings. The van der Waals surface area contributed by atoms with Gasteiger partial charge >= 0.3 is 0 Å². The number of carbonyl (C=O) groups is 11. The second-order valence-corrected chi connectivity index (χ2v) is 19.3. The molecule has 0 aliphatic carbocycles. The van der Waals surface area contributed by atoms with E-state index >= 15 is 0 Å². The molecule has 0 saturated carbocycles. The van der Waals surface area contributed by atoms with Gasteiger partial charge in [0, 0.05) is 37.3 Å². The minimum atomic E-state index is -1.78. The summed E-state index contributed by atoms with van der Waals surface area (Å²) in [6.07, 6.45) is -1.54. The van der Waals surface area contributed by atoms with E-state index < -0.39 is 139 Å². The van der Waals surface area contributed by atoms with E-state index in [4.69, 9.17) is 28.7 Å². The van der Waals surface area contributed by atoms with Crippen LogP contribution in [0.1, 0.15) is 49.7 Å². The van der Waals surface area contributed by atoms with Gasteiger partial charge in [0.25, 0.3) is 0 Å². The Balaban J connectivity index is 1.71. The molecule has 0 unspecified atom stereocenters. The summed E-state index contributed by atoms with van der Waals surface area (Å²) in [5.74, 6) is -10.2. The van der Waals surface area contributed by atoms with Crippen LogP contribution in [0.5, 0.6) is 5.75 Å². The van der Waals surface area contributed by atoms with Gasteiger partial charge < -0.3 is 75.9 Å². The first-order valence-electron chi connectivity index (χ1n) is 22.5. The number of primary amides is 3. The molecule has 386 valence electrons. The maximum atomic E-state index is 14.5. The molecule has 71 heavy (non-hydrogen) atoms. The zero-order chi connectivity index (χ0) is 52.2. The molecule has 27 heteroatoms. The van der Waals surface area contributed by atoms with Crippen LogP contribution in [0.25, 0.3) is 0 Å². The molecule has 2 heterocycles. The molecule has 25 nitrogen and oxygen atoms in total. The van der Waals surface area contributed by atoms with Gasteiger partial charge in [-0.05, 0) is 55.5 Å². The summed E-state index contributed by atoms with van der Waals surface area (Å²) in [5, 5.41) is 27.5. The number of benzene rings is 2. The number of likely N-dealkylation sites (tertiary alicyclic amines) is 1. The van der Waals surface area contributed by atoms with Crippen LogP contribution in [-0.2, 0) is 65.6 Å². The fourth-order valence-corrected chi connectivity index (χ4v) is 9.74. The van der Waals surface area contributed by atoms with E-state index in [1.807, 2.05) is 0 Å². The van der Waals surface area contributed by atoms with Crippen LogP contribution >= 0.6 is 21.6 Å². The predicted molar refractivity (Wildman–Crippen MR) is 259 cm³/mol. The van der Waals surface area contributed by atoms with Crippen LogP contribution in [0.4, 0.5) is 0 Å². The monoisotopic (exact) mass is 1030 g/mol. The maximum Gasteiger partial charge on any atom is 0.246 e. The lowest BCUT2D eigenvalue weighted by Gasteiger charge is -2.31. The minimum Gasteiger partial charge on any atom is -0.508 e. The fraction of sp³-hybridized carbons (Fsp3) is 0.477. The Labute approximate surface area is 416 Å². The highest BCUT2D eigenvalue weighted by Gasteiger charge is 2.40. The molecule has 18 N–H and O–H groups in total. The van der Waals surface area contributed by atoms with Gasteiger partial charge in [0.15, 0.2) is 0 Å². The minimum absolute atomic E-state index is 0.0222. The summed E-state index contributed by atoms with van der Waals surface area (Å²) in [6, 6.07) is 2.97. The van der Waals surface area contributed by atoms with Crippen molar-refractivity contribution in [2.45, 2.75) is 99.7 Å². The standard InChI is InChI=1S/C44H61N13O12S2/c45-15-14-28(38(63)50-20-36(49)61)52-43(68)33-7-4-16-57(33)44(69)32-22-71-70-21-26(46)37(62)53-29(18-24-8-10-25(58)11-9-24)41(66)54-30(17-23-5-2-1-3-6-23)40(65)51-27(12-13-34(47)59)39(64)55-31(19-35(48)60)42(67)56-32/h1-3,5-6,8-11,26-33,58H,4,7,12-22,45-46H2,(H2,47,59)(H2,48,60)(H2,49,61)(H,50,63)(H,51,65)(H,52,68)(H,53,62)(H,54,66)(H,55,64)(H,56,67)/t26-,27-,28+,29-,30-,31-,32-,33-/m0/s1. The normalized spacial score (nSPS) is 23.3. The van der Waals surface area contributed by atoms with E-state index in [0.717, 1.165) is 21.6 Å². The molecule has 4 rings (SSSR count). The number of aromatic hydroxyl groups is 1. The summed E-state index contributed by atoms with van der Waals surface area (Å²) in [4.78, 5) is 148. The van der Waals surface area contributed by atoms with Crippen molar-refractivity contribution in [2.75, 3.05) is 31.1 Å². The lowest BCUT2D eigenvalue weighted by molar-refractivity contribution is -0.142. The van der Waals surface area contributed by atoms with Gasteiger partial charge in [-0.15, -0.1) is 0 Å². The fourth-order valence-electron chi connectivity index (χ4n) is 7.46. The van der Waals surface area contributed by atoms with Gasteiger partial charge in [-0.3, -0.25) is 52.7 Å². The zero-order valence-electron chi connectivity index (χ0n) is 38.6. The number of nitrogens with one attached hydrogen (secondary N) is 7. The number of carbonyl (C=O) groups excluding carboxylic acids is 11. The Bertz CT molecular complexity index is 2260. The molecular weight excluding hydrogens is 967 g/mol. The quantitative estimate of drug-likeness (QED) is 0.0659. The van der Waals surface area contributed by atoms with Gasteiger partial charge in [-0.2, -0.15) is 0 Å². The average molecular weight is 1030 g/mol. The topological polar surface area (TPSA) is 426 Å². The summed E-state index contributed by atoms with van der Waals surface area (Å²) >= 11 is 0. The number of nitrogens with zero attached hydrogens (tertiary/aromatic N) is 1. The number of hydrogen-bond acceptors (Lipinski definition) is 16. The van der Waals surface area contributed by atoms with Gasteiger partial charge in [0.05, 0.1) is 19.0 Å². The SMILES string of the molecule is NCC[C@@H](NC(=O)[C@@H]1CCCN1C(=O)[C@@H]1CSSC[C@H](N)C(=O)N[C@@H](Cc2ccc(O)cc2)C(=O)N[C@@H](Cc2ccccc2)C(=O)N[C@@H](CCC(N)=O)C(=O)N[C@@H](CC(N)=O)C(=O)N1)C(=O)NCC(N)=O. The van der Waals surface area contributed by atoms with Crippen molar-refractivity contribution in [3.63, 3.8) is 0 Å². The van der Waals surface area contributed by atoms with E-state index in [0.29, 0.717) is 17.5 Å². The Morgan fingerprint density at radius 1 is 0.704 bits per heavy atom. The molecular formula is C44H61N13O12S2. The Hall–Kier alpha value is -6.97. The smallest absolute Gasteiger partial charge is 0.246 e. The van der Waals surface area contributed by atoms with Crippen LogP contribution in [0.3, 0.4) is 0 Å². The predicted octanol–water partition coefficient (Wildman–Crippen LogP) is -5.11. The molecule has 0 aromatic heterocycles. The van der Waals surface area contributed by atoms with Crippen molar-refractivity contribution >= 4 is 86.6 Å². The Morgan fingerprint density at radius 2 is 1.27 bits per heavy atom. The zero-order valence-corrected chi connectivity index (χ0v) is 40.2. The molecule has 2 aromatic carbocycles. The van der Waals surface area contributed by atoms with Gasteiger partial charge in [0.2, 0.25) is 65.0 Å². The van der Waals surface area contributed by atoms with Gasteiger partial charge in [-0.1, -0.05) is 64.1 Å². The largest absolute Gasteiger partial charge is 0.508 e. The first kappa shape index (κ1) is 56.6. The van der Waals surface area contributed by atoms with E-state index in [2.05, 4.69) is 37.2 Å². The van der Waals surface area contributed by atoms with Gasteiger partial charge in [0.1, 0.15) is 48.0 Å². The molecule has 2 saturated heterocycles. The van der Waals surface area contributed by atoms with Crippen LogP contribution in [0.15, 0.2) is 54.6 Å². The Morgan fingerprint density at radius 3 is 1.87 bits per heavy atom. The third-order valence-corrected chi connectivity index (χ3v) is 13.6. The summed E-state index contributed by atoms with van der Waals surface area (Å²) < 4.78 is 0. The van der Waals surface area contributed by atoms with Crippen molar-refractivity contribution in [3.8, 4) is 5.75 Å². The first-order chi connectivity index (χ1) is 33.8. The van der Waals surface area contributed by atoms with E-state index in [1.54, 1.807) is 30.3 Å². The van der Waals surface area contributed by atoms with E-state index in [1.165, 1.54) is 29.2 Å². The summed E-state index contributed by atoms with van der Waals surface area (Å²) in [5.41, 5.74) is 29.2. The van der Waals surface area contributed by atoms with Crippen LogP contribution < -0.4 is 65.9 Å². The molecule has 11 amide bonds. The molecule has 0 spiro atoms. The Kier molecular flexibility index (Phi) is 22.3. The summed E-state index contributed by atoms with van der Waals surface area (Å²) in [7, 11) is 2.01. The van der Waals surface area contributed by atoms with Crippen LogP contribution in [0.2, 0.25) is 0 Å². The molecule has 0 radical (unpaired) electrons. The lowest BCUT2D eigenvalue weighted by Crippen LogP contribution is -2.61. The van der Waals surface area contributed by atoms with Crippen molar-refractivity contribution in [3.05, 3.63) is 65.7 Å². The highest BCUT2D eigenvalue weighted by molar-refractivity contribution is 8.76. The highest BCUT2D eigenvalue weighted by Crippen LogP contribution is 2.26.